The number of fused-ring (bicyclic) bond motifs is 1. The van der Waals surface area contributed by atoms with Crippen LogP contribution in [-0.2, 0) is 17.8 Å². The topological polar surface area (TPSA) is 118 Å². The summed E-state index contributed by atoms with van der Waals surface area (Å²) in [6.45, 7) is 4.39. The first-order valence-electron chi connectivity index (χ1n) is 8.97. The number of aromatic nitrogens is 2. The lowest BCUT2D eigenvalue weighted by atomic mass is 10.1. The number of hydrogen-bond acceptors (Lipinski definition) is 8. The standard InChI is InChI=1S/C19H25N7O2/c1-19(2,20)11-28-18-23-15(9-16(24-18)26(3)4)25-21-10-12-5-6-14-13(7-12)8-17(27)22-14/h5-7,9H,8,10-11,20H2,1-4H3,(H,22,27). The Morgan fingerprint density at radius 1 is 1.29 bits per heavy atom. The summed E-state index contributed by atoms with van der Waals surface area (Å²) in [5, 5.41) is 11.3. The largest absolute Gasteiger partial charge is 0.461 e. The number of azo groups is 1. The summed E-state index contributed by atoms with van der Waals surface area (Å²) in [6, 6.07) is 7.72. The second-order valence-electron chi connectivity index (χ2n) is 7.65. The van der Waals surface area contributed by atoms with E-state index in [1.165, 1.54) is 0 Å². The Morgan fingerprint density at radius 3 is 2.79 bits per heavy atom. The summed E-state index contributed by atoms with van der Waals surface area (Å²) < 4.78 is 5.61. The Hall–Kier alpha value is -3.07. The van der Waals surface area contributed by atoms with Crippen molar-refractivity contribution < 1.29 is 9.53 Å². The fraction of sp³-hybridized carbons (Fsp3) is 0.421. The Bertz CT molecular complexity index is 904. The third kappa shape index (κ3) is 5.23. The van der Waals surface area contributed by atoms with Crippen LogP contribution >= 0.6 is 0 Å². The molecule has 0 saturated carbocycles. The van der Waals surface area contributed by atoms with Gasteiger partial charge < -0.3 is 20.7 Å². The van der Waals surface area contributed by atoms with E-state index in [0.29, 0.717) is 24.6 Å². The van der Waals surface area contributed by atoms with Crippen LogP contribution in [0.4, 0.5) is 17.3 Å². The van der Waals surface area contributed by atoms with Gasteiger partial charge in [0.05, 0.1) is 13.0 Å². The number of carbonyl (C=O) groups is 1. The van der Waals surface area contributed by atoms with Crippen LogP contribution in [0.2, 0.25) is 0 Å². The molecule has 2 heterocycles. The predicted molar refractivity (Wildman–Crippen MR) is 107 cm³/mol. The van der Waals surface area contributed by atoms with E-state index in [4.69, 9.17) is 10.5 Å². The lowest BCUT2D eigenvalue weighted by Gasteiger charge is -2.19. The van der Waals surface area contributed by atoms with Crippen LogP contribution in [0.5, 0.6) is 6.01 Å². The third-order valence-electron chi connectivity index (χ3n) is 3.93. The normalized spacial score (nSPS) is 13.5. The zero-order chi connectivity index (χ0) is 20.3. The molecule has 148 valence electrons. The van der Waals surface area contributed by atoms with Crippen molar-refractivity contribution in [2.75, 3.05) is 30.9 Å². The molecule has 9 heteroatoms. The first-order valence-corrected chi connectivity index (χ1v) is 8.97. The molecular formula is C19H25N7O2. The highest BCUT2D eigenvalue weighted by molar-refractivity contribution is 5.99. The third-order valence-corrected chi connectivity index (χ3v) is 3.93. The second kappa shape index (κ2) is 7.89. The number of hydrogen-bond donors (Lipinski definition) is 2. The number of amides is 1. The lowest BCUT2D eigenvalue weighted by molar-refractivity contribution is -0.115. The van der Waals surface area contributed by atoms with Crippen molar-refractivity contribution in [1.29, 1.82) is 0 Å². The number of rotatable bonds is 7. The maximum absolute atomic E-state index is 11.5. The van der Waals surface area contributed by atoms with E-state index in [2.05, 4.69) is 25.5 Å². The molecule has 1 aliphatic heterocycles. The summed E-state index contributed by atoms with van der Waals surface area (Å²) >= 11 is 0. The Balaban J connectivity index is 1.72. The van der Waals surface area contributed by atoms with E-state index in [0.717, 1.165) is 16.8 Å². The van der Waals surface area contributed by atoms with Crippen LogP contribution in [0.1, 0.15) is 25.0 Å². The van der Waals surface area contributed by atoms with Gasteiger partial charge in [0.1, 0.15) is 12.4 Å². The van der Waals surface area contributed by atoms with Crippen molar-refractivity contribution >= 4 is 23.2 Å². The van der Waals surface area contributed by atoms with Gasteiger partial charge in [-0.25, -0.2) is 0 Å². The molecule has 3 N–H and O–H groups in total. The maximum Gasteiger partial charge on any atom is 0.320 e. The molecule has 0 saturated heterocycles. The molecule has 9 nitrogen and oxygen atoms in total. The summed E-state index contributed by atoms with van der Waals surface area (Å²) in [5.74, 6) is 1.08. The number of nitrogens with zero attached hydrogens (tertiary/aromatic N) is 5. The highest BCUT2D eigenvalue weighted by atomic mass is 16.5. The molecule has 28 heavy (non-hydrogen) atoms. The number of nitrogens with two attached hydrogens (primary N) is 1. The van der Waals surface area contributed by atoms with Crippen molar-refractivity contribution in [3.05, 3.63) is 35.4 Å². The van der Waals surface area contributed by atoms with Gasteiger partial charge in [0.15, 0.2) is 5.82 Å². The molecule has 0 spiro atoms. The monoisotopic (exact) mass is 383 g/mol. The average molecular weight is 383 g/mol. The Morgan fingerprint density at radius 2 is 2.07 bits per heavy atom. The zero-order valence-corrected chi connectivity index (χ0v) is 16.6. The van der Waals surface area contributed by atoms with E-state index in [9.17, 15) is 4.79 Å². The van der Waals surface area contributed by atoms with Crippen LogP contribution in [-0.4, -0.2) is 42.1 Å². The van der Waals surface area contributed by atoms with Gasteiger partial charge in [0.2, 0.25) is 5.91 Å². The molecule has 3 rings (SSSR count). The number of anilines is 2. The SMILES string of the molecule is CN(C)c1cc(N=NCc2ccc3c(c2)CC(=O)N3)nc(OCC(C)(C)N)n1. The van der Waals surface area contributed by atoms with Crippen molar-refractivity contribution in [3.8, 4) is 6.01 Å². The van der Waals surface area contributed by atoms with Gasteiger partial charge in [-0.2, -0.15) is 15.1 Å². The number of nitrogens with one attached hydrogen (secondary N) is 1. The highest BCUT2D eigenvalue weighted by Crippen LogP contribution is 2.25. The lowest BCUT2D eigenvalue weighted by Crippen LogP contribution is -2.39. The van der Waals surface area contributed by atoms with Crippen LogP contribution in [0.15, 0.2) is 34.5 Å². The van der Waals surface area contributed by atoms with Crippen molar-refractivity contribution in [2.24, 2.45) is 16.0 Å². The quantitative estimate of drug-likeness (QED) is 0.709. The summed E-state index contributed by atoms with van der Waals surface area (Å²) in [7, 11) is 3.75. The number of benzene rings is 1. The fourth-order valence-electron chi connectivity index (χ4n) is 2.57. The molecule has 0 aliphatic carbocycles. The summed E-state index contributed by atoms with van der Waals surface area (Å²) in [6.07, 6.45) is 0.399. The smallest absolute Gasteiger partial charge is 0.320 e. The minimum atomic E-state index is -0.497. The summed E-state index contributed by atoms with van der Waals surface area (Å²) in [5.41, 5.74) is 8.27. The molecule has 1 aliphatic rings. The van der Waals surface area contributed by atoms with Gasteiger partial charge in [-0.05, 0) is 31.0 Å². The maximum atomic E-state index is 11.5. The van der Waals surface area contributed by atoms with Gasteiger partial charge in [0, 0.05) is 31.4 Å². The second-order valence-corrected chi connectivity index (χ2v) is 7.65. The van der Waals surface area contributed by atoms with Crippen LogP contribution in [0, 0.1) is 0 Å². The van der Waals surface area contributed by atoms with Crippen molar-refractivity contribution in [2.45, 2.75) is 32.4 Å². The molecule has 1 aromatic carbocycles. The molecular weight excluding hydrogens is 358 g/mol. The van der Waals surface area contributed by atoms with Crippen LogP contribution < -0.4 is 20.7 Å². The Kier molecular flexibility index (Phi) is 5.55. The van der Waals surface area contributed by atoms with Gasteiger partial charge in [-0.15, -0.1) is 5.11 Å². The van der Waals surface area contributed by atoms with E-state index >= 15 is 0 Å². The first-order chi connectivity index (χ1) is 13.2. The van der Waals surface area contributed by atoms with E-state index in [1.807, 2.05) is 51.0 Å². The molecule has 1 amide bonds. The molecule has 0 fully saturated rings. The van der Waals surface area contributed by atoms with E-state index < -0.39 is 5.54 Å². The molecule has 1 aromatic heterocycles. The Labute approximate surface area is 164 Å². The van der Waals surface area contributed by atoms with E-state index in [-0.39, 0.29) is 18.5 Å². The minimum Gasteiger partial charge on any atom is -0.461 e. The van der Waals surface area contributed by atoms with E-state index in [1.54, 1.807) is 6.07 Å². The molecule has 0 unspecified atom stereocenters. The minimum absolute atomic E-state index is 0.0131. The fourth-order valence-corrected chi connectivity index (χ4v) is 2.57. The molecule has 0 atom stereocenters. The van der Waals surface area contributed by atoms with Gasteiger partial charge in [-0.1, -0.05) is 12.1 Å². The molecule has 2 aromatic rings. The molecule has 0 bridgehead atoms. The number of ether oxygens (including phenoxy) is 1. The van der Waals surface area contributed by atoms with Crippen LogP contribution in [0.3, 0.4) is 0 Å². The average Bonchev–Trinajstić information content (AvgIpc) is 2.98. The number of carbonyl (C=O) groups excluding carboxylic acids is 1. The van der Waals surface area contributed by atoms with Gasteiger partial charge in [0.25, 0.3) is 0 Å². The van der Waals surface area contributed by atoms with Crippen LogP contribution in [0.25, 0.3) is 0 Å². The van der Waals surface area contributed by atoms with Crippen molar-refractivity contribution in [1.82, 2.24) is 9.97 Å². The predicted octanol–water partition coefficient (Wildman–Crippen LogP) is 2.44. The highest BCUT2D eigenvalue weighted by Gasteiger charge is 2.17. The van der Waals surface area contributed by atoms with Gasteiger partial charge >= 0.3 is 6.01 Å². The molecule has 0 radical (unpaired) electrons. The first kappa shape index (κ1) is 19.7. The zero-order valence-electron chi connectivity index (χ0n) is 16.6. The van der Waals surface area contributed by atoms with Crippen molar-refractivity contribution in [3.63, 3.8) is 0 Å². The summed E-state index contributed by atoms with van der Waals surface area (Å²) in [4.78, 5) is 21.9. The van der Waals surface area contributed by atoms with Gasteiger partial charge in [-0.3, -0.25) is 4.79 Å².